The van der Waals surface area contributed by atoms with Crippen LogP contribution in [0.4, 0.5) is 11.4 Å². The largest absolute Gasteiger partial charge is 0.459 e. The van der Waals surface area contributed by atoms with Gasteiger partial charge >= 0.3 is 5.97 Å². The maximum Gasteiger partial charge on any atom is 0.338 e. The van der Waals surface area contributed by atoms with Gasteiger partial charge in [-0.1, -0.05) is 41.6 Å². The SMILES string of the molecule is Cc1cc(Cl)ccc1NC1=C(Sc2ccccc2)C(=O)N(c2ccc(C(=O)OC(C)C)cc2)C1=O. The summed E-state index contributed by atoms with van der Waals surface area (Å²) in [4.78, 5) is 41.4. The predicted octanol–water partition coefficient (Wildman–Crippen LogP) is 6.20. The molecule has 0 aliphatic carbocycles. The second-order valence-electron chi connectivity index (χ2n) is 8.15. The molecular weight excluding hydrogens is 484 g/mol. The lowest BCUT2D eigenvalue weighted by Gasteiger charge is -2.16. The first kappa shape index (κ1) is 24.6. The number of carbonyl (C=O) groups excluding carboxylic acids is 3. The minimum absolute atomic E-state index is 0.178. The van der Waals surface area contributed by atoms with E-state index in [1.807, 2.05) is 37.3 Å². The zero-order valence-corrected chi connectivity index (χ0v) is 20.9. The Morgan fingerprint density at radius 1 is 0.971 bits per heavy atom. The molecule has 0 fully saturated rings. The van der Waals surface area contributed by atoms with Crippen molar-refractivity contribution in [3.8, 4) is 0 Å². The molecule has 2 amide bonds. The molecule has 6 nitrogen and oxygen atoms in total. The van der Waals surface area contributed by atoms with Crippen molar-refractivity contribution >= 4 is 52.5 Å². The second kappa shape index (κ2) is 10.4. The van der Waals surface area contributed by atoms with Gasteiger partial charge in [-0.2, -0.15) is 0 Å². The van der Waals surface area contributed by atoms with E-state index in [2.05, 4.69) is 5.32 Å². The van der Waals surface area contributed by atoms with Crippen LogP contribution in [0.5, 0.6) is 0 Å². The zero-order chi connectivity index (χ0) is 25.1. The number of anilines is 2. The summed E-state index contributed by atoms with van der Waals surface area (Å²) in [7, 11) is 0. The van der Waals surface area contributed by atoms with Crippen LogP contribution in [0.15, 0.2) is 88.3 Å². The average Bonchev–Trinajstić information content (AvgIpc) is 3.05. The molecule has 3 aromatic rings. The number of thioether (sulfide) groups is 1. The van der Waals surface area contributed by atoms with Crippen LogP contribution in [-0.4, -0.2) is 23.9 Å². The van der Waals surface area contributed by atoms with E-state index in [4.69, 9.17) is 16.3 Å². The number of rotatable bonds is 7. The van der Waals surface area contributed by atoms with Gasteiger partial charge in [0.05, 0.1) is 17.4 Å². The first-order valence-electron chi connectivity index (χ1n) is 10.9. The lowest BCUT2D eigenvalue weighted by molar-refractivity contribution is -0.120. The van der Waals surface area contributed by atoms with Crippen LogP contribution in [0.1, 0.15) is 29.8 Å². The van der Waals surface area contributed by atoms with Crippen LogP contribution in [0.2, 0.25) is 5.02 Å². The number of imide groups is 1. The number of carbonyl (C=O) groups is 3. The van der Waals surface area contributed by atoms with E-state index in [-0.39, 0.29) is 16.7 Å². The number of esters is 1. The third-order valence-electron chi connectivity index (χ3n) is 5.16. The molecule has 0 unspecified atom stereocenters. The van der Waals surface area contributed by atoms with Crippen LogP contribution >= 0.6 is 23.4 Å². The average molecular weight is 507 g/mol. The molecule has 8 heteroatoms. The van der Waals surface area contributed by atoms with Gasteiger partial charge in [0.25, 0.3) is 11.8 Å². The number of hydrogen-bond donors (Lipinski definition) is 1. The molecular formula is C27H23ClN2O4S. The molecule has 0 saturated heterocycles. The van der Waals surface area contributed by atoms with Crippen molar-refractivity contribution in [3.05, 3.63) is 99.5 Å². The van der Waals surface area contributed by atoms with Crippen LogP contribution in [-0.2, 0) is 14.3 Å². The Kier molecular flexibility index (Phi) is 7.28. The molecule has 0 radical (unpaired) electrons. The molecule has 0 atom stereocenters. The van der Waals surface area contributed by atoms with E-state index in [0.717, 1.165) is 15.4 Å². The van der Waals surface area contributed by atoms with E-state index >= 15 is 0 Å². The summed E-state index contributed by atoms with van der Waals surface area (Å²) < 4.78 is 5.21. The van der Waals surface area contributed by atoms with Gasteiger partial charge < -0.3 is 10.1 Å². The van der Waals surface area contributed by atoms with E-state index < -0.39 is 17.8 Å². The highest BCUT2D eigenvalue weighted by molar-refractivity contribution is 8.04. The number of hydrogen-bond acceptors (Lipinski definition) is 6. The monoisotopic (exact) mass is 506 g/mol. The molecule has 0 spiro atoms. The van der Waals surface area contributed by atoms with E-state index in [0.29, 0.717) is 22.0 Å². The molecule has 1 heterocycles. The Labute approximate surface area is 212 Å². The minimum atomic E-state index is -0.486. The third kappa shape index (κ3) is 5.42. The van der Waals surface area contributed by atoms with Gasteiger partial charge in [0.2, 0.25) is 0 Å². The topological polar surface area (TPSA) is 75.7 Å². The Balaban J connectivity index is 1.68. The van der Waals surface area contributed by atoms with Gasteiger partial charge in [0.1, 0.15) is 10.6 Å². The molecule has 3 aromatic carbocycles. The fraction of sp³-hybridized carbons (Fsp3) is 0.148. The highest BCUT2D eigenvalue weighted by atomic mass is 35.5. The first-order valence-corrected chi connectivity index (χ1v) is 12.1. The maximum atomic E-state index is 13.5. The van der Waals surface area contributed by atoms with Crippen molar-refractivity contribution in [1.82, 2.24) is 0 Å². The minimum Gasteiger partial charge on any atom is -0.459 e. The number of aryl methyl sites for hydroxylation is 1. The van der Waals surface area contributed by atoms with E-state index in [1.165, 1.54) is 11.8 Å². The van der Waals surface area contributed by atoms with Gasteiger partial charge in [-0.25, -0.2) is 9.69 Å². The quantitative estimate of drug-likeness (QED) is 0.303. The Hall–Kier alpha value is -3.55. The highest BCUT2D eigenvalue weighted by Crippen LogP contribution is 2.38. The molecule has 1 aliphatic rings. The fourth-order valence-corrected chi connectivity index (χ4v) is 4.66. The number of amides is 2. The summed E-state index contributed by atoms with van der Waals surface area (Å²) in [6, 6.07) is 20.8. The summed E-state index contributed by atoms with van der Waals surface area (Å²) in [6.45, 7) is 5.40. The molecule has 1 aliphatic heterocycles. The van der Waals surface area contributed by atoms with Crippen LogP contribution < -0.4 is 10.2 Å². The van der Waals surface area contributed by atoms with Gasteiger partial charge in [0.15, 0.2) is 0 Å². The van der Waals surface area contributed by atoms with Gasteiger partial charge in [-0.3, -0.25) is 9.59 Å². The van der Waals surface area contributed by atoms with E-state index in [9.17, 15) is 14.4 Å². The summed E-state index contributed by atoms with van der Waals surface area (Å²) in [5, 5.41) is 3.73. The lowest BCUT2D eigenvalue weighted by atomic mass is 10.2. The predicted molar refractivity (Wildman–Crippen MR) is 139 cm³/mol. The van der Waals surface area contributed by atoms with Crippen molar-refractivity contribution in [2.24, 2.45) is 0 Å². The van der Waals surface area contributed by atoms with Crippen molar-refractivity contribution in [3.63, 3.8) is 0 Å². The zero-order valence-electron chi connectivity index (χ0n) is 19.4. The maximum absolute atomic E-state index is 13.5. The Bertz CT molecular complexity index is 1320. The van der Waals surface area contributed by atoms with Crippen molar-refractivity contribution in [2.45, 2.75) is 31.8 Å². The number of ether oxygens (including phenoxy) is 1. The molecule has 0 saturated carbocycles. The molecule has 0 aromatic heterocycles. The molecule has 4 rings (SSSR count). The van der Waals surface area contributed by atoms with Gasteiger partial charge in [-0.15, -0.1) is 0 Å². The third-order valence-corrected chi connectivity index (χ3v) is 6.48. The number of benzene rings is 3. The van der Waals surface area contributed by atoms with Crippen LogP contribution in [0.3, 0.4) is 0 Å². The fourth-order valence-electron chi connectivity index (χ4n) is 3.49. The number of halogens is 1. The van der Waals surface area contributed by atoms with Crippen LogP contribution in [0.25, 0.3) is 0 Å². The van der Waals surface area contributed by atoms with Gasteiger partial charge in [0, 0.05) is 15.6 Å². The summed E-state index contributed by atoms with van der Waals surface area (Å²) in [5.74, 6) is -1.40. The first-order chi connectivity index (χ1) is 16.7. The smallest absolute Gasteiger partial charge is 0.338 e. The van der Waals surface area contributed by atoms with Crippen molar-refractivity contribution in [1.29, 1.82) is 0 Å². The number of nitrogens with zero attached hydrogens (tertiary/aromatic N) is 1. The van der Waals surface area contributed by atoms with Crippen LogP contribution in [0, 0.1) is 6.92 Å². The van der Waals surface area contributed by atoms with Crippen molar-refractivity contribution in [2.75, 3.05) is 10.2 Å². The Morgan fingerprint density at radius 2 is 1.66 bits per heavy atom. The summed E-state index contributed by atoms with van der Waals surface area (Å²) in [6.07, 6.45) is -0.254. The molecule has 0 bridgehead atoms. The van der Waals surface area contributed by atoms with Crippen molar-refractivity contribution < 1.29 is 19.1 Å². The van der Waals surface area contributed by atoms with E-state index in [1.54, 1.807) is 56.3 Å². The highest BCUT2D eigenvalue weighted by Gasteiger charge is 2.40. The number of nitrogens with one attached hydrogen (secondary N) is 1. The molecule has 35 heavy (non-hydrogen) atoms. The Morgan fingerprint density at radius 3 is 2.29 bits per heavy atom. The molecule has 1 N–H and O–H groups in total. The summed E-state index contributed by atoms with van der Waals surface area (Å²) in [5.41, 5.74) is 2.38. The summed E-state index contributed by atoms with van der Waals surface area (Å²) >= 11 is 7.30. The molecule has 178 valence electrons. The normalized spacial score (nSPS) is 13.6. The second-order valence-corrected chi connectivity index (χ2v) is 9.67. The standard InChI is InChI=1S/C27H23ClN2O4S/c1-16(2)34-27(33)18-9-12-20(13-10-18)30-25(31)23(29-22-14-11-19(28)15-17(22)3)24(26(30)32)35-21-7-5-4-6-8-21/h4-16,29H,1-3H3. The van der Waals surface area contributed by atoms with Gasteiger partial charge in [-0.05, 0) is 80.9 Å². The lowest BCUT2D eigenvalue weighted by Crippen LogP contribution is -2.32.